The van der Waals surface area contributed by atoms with Gasteiger partial charge in [0.25, 0.3) is 0 Å². The minimum Gasteiger partial charge on any atom is -0.479 e. The zero-order valence-corrected chi connectivity index (χ0v) is 10.9. The number of hydrogen-bond acceptors (Lipinski definition) is 8. The Morgan fingerprint density at radius 2 is 2.37 bits per heavy atom. The number of ether oxygens (including phenoxy) is 1. The Hall–Kier alpha value is -1.97. The van der Waals surface area contributed by atoms with Crippen molar-refractivity contribution in [2.45, 2.75) is 6.61 Å². The number of nitrogen functional groups attached to an aromatic ring is 1. The number of halogens is 1. The fourth-order valence-corrected chi connectivity index (χ4v) is 2.04. The number of anilines is 1. The molecule has 0 spiro atoms. The predicted molar refractivity (Wildman–Crippen MR) is 70.2 cm³/mol. The van der Waals surface area contributed by atoms with E-state index in [1.54, 1.807) is 0 Å². The summed E-state index contributed by atoms with van der Waals surface area (Å²) < 4.78 is 9.04. The summed E-state index contributed by atoms with van der Waals surface area (Å²) in [4.78, 5) is 10.3. The molecule has 19 heavy (non-hydrogen) atoms. The van der Waals surface area contributed by atoms with Crippen molar-refractivity contribution in [2.75, 3.05) is 5.43 Å². The van der Waals surface area contributed by atoms with E-state index in [4.69, 9.17) is 22.2 Å². The average Bonchev–Trinajstić information content (AvgIpc) is 2.84. The van der Waals surface area contributed by atoms with Crippen LogP contribution >= 0.6 is 23.1 Å². The van der Waals surface area contributed by atoms with Gasteiger partial charge in [-0.05, 0) is 6.07 Å². The number of nitrogens with zero attached hydrogens (tertiary/aromatic N) is 3. The molecule has 1 aromatic heterocycles. The summed E-state index contributed by atoms with van der Waals surface area (Å²) in [6, 6.07) is 4.29. The standard InChI is InChI=1S/C9H8ClN5O3S/c10-5-2-1-3-7(15(16)17)8(5)18-4-6-9(12-11)19-14-13-6/h1-3,12H,4,11H2. The molecule has 100 valence electrons. The summed E-state index contributed by atoms with van der Waals surface area (Å²) >= 11 is 6.94. The van der Waals surface area contributed by atoms with Crippen molar-refractivity contribution >= 4 is 33.8 Å². The van der Waals surface area contributed by atoms with Crippen LogP contribution in [0.5, 0.6) is 5.75 Å². The van der Waals surface area contributed by atoms with E-state index in [1.165, 1.54) is 18.2 Å². The second-order valence-corrected chi connectivity index (χ2v) is 4.49. The topological polar surface area (TPSA) is 116 Å². The van der Waals surface area contributed by atoms with Crippen molar-refractivity contribution in [3.05, 3.63) is 39.0 Å². The zero-order chi connectivity index (χ0) is 13.8. The lowest BCUT2D eigenvalue weighted by molar-refractivity contribution is -0.385. The van der Waals surface area contributed by atoms with Crippen LogP contribution in [-0.2, 0) is 6.61 Å². The lowest BCUT2D eigenvalue weighted by atomic mass is 10.3. The molecule has 0 radical (unpaired) electrons. The van der Waals surface area contributed by atoms with Crippen LogP contribution in [0.3, 0.4) is 0 Å². The maximum absolute atomic E-state index is 10.9. The third-order valence-electron chi connectivity index (χ3n) is 2.18. The van der Waals surface area contributed by atoms with Crippen LogP contribution in [0.2, 0.25) is 5.02 Å². The molecule has 2 aromatic rings. The summed E-state index contributed by atoms with van der Waals surface area (Å²) in [5.74, 6) is 5.25. The third-order valence-corrected chi connectivity index (χ3v) is 3.18. The molecule has 0 aliphatic rings. The normalized spacial score (nSPS) is 10.2. The van der Waals surface area contributed by atoms with Crippen LogP contribution < -0.4 is 16.0 Å². The Balaban J connectivity index is 2.22. The van der Waals surface area contributed by atoms with Gasteiger partial charge in [-0.3, -0.25) is 10.1 Å². The number of para-hydroxylation sites is 1. The highest BCUT2D eigenvalue weighted by atomic mass is 35.5. The van der Waals surface area contributed by atoms with Crippen molar-refractivity contribution in [3.8, 4) is 5.75 Å². The van der Waals surface area contributed by atoms with Crippen molar-refractivity contribution in [3.63, 3.8) is 0 Å². The van der Waals surface area contributed by atoms with Crippen LogP contribution in [0.1, 0.15) is 5.69 Å². The quantitative estimate of drug-likeness (QED) is 0.492. The summed E-state index contributed by atoms with van der Waals surface area (Å²) in [7, 11) is 0. The zero-order valence-electron chi connectivity index (χ0n) is 9.37. The number of hydrazine groups is 1. The molecule has 0 fully saturated rings. The Morgan fingerprint density at radius 1 is 1.58 bits per heavy atom. The lowest BCUT2D eigenvalue weighted by Crippen LogP contribution is -2.09. The average molecular weight is 302 g/mol. The Bertz CT molecular complexity index is 605. The molecular weight excluding hydrogens is 294 g/mol. The smallest absolute Gasteiger partial charge is 0.312 e. The van der Waals surface area contributed by atoms with Gasteiger partial charge in [-0.1, -0.05) is 22.2 Å². The van der Waals surface area contributed by atoms with Crippen LogP contribution in [-0.4, -0.2) is 14.5 Å². The molecular formula is C9H8ClN5O3S. The van der Waals surface area contributed by atoms with Gasteiger partial charge < -0.3 is 10.2 Å². The van der Waals surface area contributed by atoms with E-state index in [-0.39, 0.29) is 23.1 Å². The van der Waals surface area contributed by atoms with E-state index in [1.807, 2.05) is 0 Å². The number of nitrogens with one attached hydrogen (secondary N) is 1. The van der Waals surface area contributed by atoms with Gasteiger partial charge in [0.05, 0.1) is 9.95 Å². The van der Waals surface area contributed by atoms with Crippen LogP contribution in [0, 0.1) is 10.1 Å². The van der Waals surface area contributed by atoms with E-state index in [2.05, 4.69) is 15.0 Å². The van der Waals surface area contributed by atoms with E-state index >= 15 is 0 Å². The van der Waals surface area contributed by atoms with Gasteiger partial charge in [-0.2, -0.15) is 0 Å². The Kier molecular flexibility index (Phi) is 4.10. The molecule has 0 amide bonds. The van der Waals surface area contributed by atoms with Gasteiger partial charge in [0.2, 0.25) is 5.75 Å². The number of rotatable bonds is 5. The molecule has 8 nitrogen and oxygen atoms in total. The SMILES string of the molecule is NNc1snnc1COc1c(Cl)cccc1[N+](=O)[O-]. The van der Waals surface area contributed by atoms with Crippen molar-refractivity contribution in [1.29, 1.82) is 0 Å². The molecule has 0 bridgehead atoms. The van der Waals surface area contributed by atoms with Crippen LogP contribution in [0.4, 0.5) is 10.7 Å². The molecule has 0 atom stereocenters. The van der Waals surface area contributed by atoms with Crippen molar-refractivity contribution in [1.82, 2.24) is 9.59 Å². The van der Waals surface area contributed by atoms with Gasteiger partial charge in [-0.25, -0.2) is 5.84 Å². The molecule has 0 unspecified atom stereocenters. The molecule has 0 aliphatic heterocycles. The Morgan fingerprint density at radius 3 is 3.05 bits per heavy atom. The monoisotopic (exact) mass is 301 g/mol. The van der Waals surface area contributed by atoms with Gasteiger partial charge in [-0.15, -0.1) is 5.10 Å². The van der Waals surface area contributed by atoms with Gasteiger partial charge >= 0.3 is 5.69 Å². The largest absolute Gasteiger partial charge is 0.479 e. The number of nitrogens with two attached hydrogens (primary N) is 1. The number of benzene rings is 1. The lowest BCUT2D eigenvalue weighted by Gasteiger charge is -2.07. The molecule has 0 saturated carbocycles. The molecule has 1 heterocycles. The van der Waals surface area contributed by atoms with Crippen molar-refractivity contribution < 1.29 is 9.66 Å². The maximum atomic E-state index is 10.9. The third kappa shape index (κ3) is 2.89. The fourth-order valence-electron chi connectivity index (χ4n) is 1.34. The second kappa shape index (κ2) is 5.78. The number of nitro benzene ring substituents is 1. The highest BCUT2D eigenvalue weighted by Gasteiger charge is 2.19. The first-order valence-electron chi connectivity index (χ1n) is 4.97. The first kappa shape index (κ1) is 13.5. The minimum atomic E-state index is -0.567. The van der Waals surface area contributed by atoms with Crippen LogP contribution in [0.15, 0.2) is 18.2 Å². The molecule has 3 N–H and O–H groups in total. The maximum Gasteiger partial charge on any atom is 0.312 e. The van der Waals surface area contributed by atoms with Crippen LogP contribution in [0.25, 0.3) is 0 Å². The highest BCUT2D eigenvalue weighted by Crippen LogP contribution is 2.35. The summed E-state index contributed by atoms with van der Waals surface area (Å²) in [6.45, 7) is -0.0272. The molecule has 0 saturated heterocycles. The minimum absolute atomic E-state index is 0.00913. The molecule has 2 rings (SSSR count). The van der Waals surface area contributed by atoms with Gasteiger partial charge in [0.15, 0.2) is 5.00 Å². The highest BCUT2D eigenvalue weighted by molar-refractivity contribution is 7.10. The van der Waals surface area contributed by atoms with Gasteiger partial charge in [0.1, 0.15) is 12.3 Å². The summed E-state index contributed by atoms with van der Waals surface area (Å²) in [5, 5.41) is 15.3. The molecule has 10 heteroatoms. The number of aromatic nitrogens is 2. The fraction of sp³-hybridized carbons (Fsp3) is 0.111. The number of nitro groups is 1. The molecule has 0 aliphatic carbocycles. The predicted octanol–water partition coefficient (Wildman–Crippen LogP) is 1.96. The molecule has 1 aromatic carbocycles. The van der Waals surface area contributed by atoms with E-state index in [0.717, 1.165) is 11.5 Å². The van der Waals surface area contributed by atoms with E-state index in [9.17, 15) is 10.1 Å². The van der Waals surface area contributed by atoms with E-state index in [0.29, 0.717) is 10.7 Å². The first-order valence-corrected chi connectivity index (χ1v) is 6.12. The van der Waals surface area contributed by atoms with Gasteiger partial charge in [0, 0.05) is 17.6 Å². The first-order chi connectivity index (χ1) is 9.13. The van der Waals surface area contributed by atoms with E-state index < -0.39 is 4.92 Å². The van der Waals surface area contributed by atoms with Crippen molar-refractivity contribution in [2.24, 2.45) is 5.84 Å². The summed E-state index contributed by atoms with van der Waals surface area (Å²) in [6.07, 6.45) is 0. The number of hydrogen-bond donors (Lipinski definition) is 2. The summed E-state index contributed by atoms with van der Waals surface area (Å²) in [5.41, 5.74) is 2.65. The second-order valence-electron chi connectivity index (χ2n) is 3.33. The Labute approximate surface area is 116 Å².